The van der Waals surface area contributed by atoms with Crippen molar-refractivity contribution in [3.8, 4) is 11.5 Å². The van der Waals surface area contributed by atoms with Gasteiger partial charge >= 0.3 is 11.9 Å². The summed E-state index contributed by atoms with van der Waals surface area (Å²) < 4.78 is 0.877. The number of nitrogens with two attached hydrogens (primary N) is 1. The number of likely N-dealkylation sites (tertiary alicyclic amines) is 1. The lowest BCUT2D eigenvalue weighted by molar-refractivity contribution is -0.891. The number of oxime groups is 1. The predicted octanol–water partition coefficient (Wildman–Crippen LogP) is 1.22. The SMILES string of the molecule is C[N+]1(C/C=C/C2=C(C(=O)O)N3C(=O)C(NC(=O)C(=NOC(C(=O)O)c4ccc(O)c(O)c4)c4csc(N)n4)C3SC2)CCCC1. The summed E-state index contributed by atoms with van der Waals surface area (Å²) in [4.78, 5) is 61.2. The Hall–Kier alpha value is -4.61. The summed E-state index contributed by atoms with van der Waals surface area (Å²) in [6, 6.07) is 2.12. The molecule has 3 atom stereocenters. The Bertz CT molecular complexity index is 1630. The molecule has 2 saturated heterocycles. The molecule has 17 heteroatoms. The van der Waals surface area contributed by atoms with Gasteiger partial charge in [0, 0.05) is 29.5 Å². The number of phenolic OH excluding ortho intramolecular Hbond substituents is 2. The van der Waals surface area contributed by atoms with Crippen LogP contribution in [0.25, 0.3) is 0 Å². The number of carbonyl (C=O) groups excluding carboxylic acids is 2. The molecule has 2 amide bonds. The van der Waals surface area contributed by atoms with Gasteiger partial charge in [-0.3, -0.25) is 14.5 Å². The number of thioether (sulfide) groups is 1. The van der Waals surface area contributed by atoms with E-state index in [1.807, 2.05) is 6.08 Å². The number of aliphatic carboxylic acids is 2. The molecular weight excluding hydrogens is 628 g/mol. The number of likely N-dealkylation sites (N-methyl/N-ethyl adjacent to an activating group) is 1. The lowest BCUT2D eigenvalue weighted by atomic mass is 10.0. The molecule has 0 bridgehead atoms. The number of quaternary nitrogens is 1. The van der Waals surface area contributed by atoms with Crippen LogP contribution in [0.15, 0.2) is 52.2 Å². The highest BCUT2D eigenvalue weighted by molar-refractivity contribution is 8.00. The maximum Gasteiger partial charge on any atom is 0.352 e. The smallest absolute Gasteiger partial charge is 0.352 e. The molecule has 1 aromatic heterocycles. The van der Waals surface area contributed by atoms with E-state index in [1.165, 1.54) is 23.2 Å². The maximum atomic E-state index is 13.4. The van der Waals surface area contributed by atoms with Gasteiger partial charge in [0.25, 0.3) is 11.8 Å². The number of carboxylic acids is 2. The van der Waals surface area contributed by atoms with E-state index >= 15 is 0 Å². The molecule has 3 aliphatic heterocycles. The number of fused-ring (bicyclic) bond motifs is 1. The zero-order valence-electron chi connectivity index (χ0n) is 24.0. The lowest BCUT2D eigenvalue weighted by Gasteiger charge is -2.49. The fraction of sp³-hybridized carbons (Fsp3) is 0.357. The first-order chi connectivity index (χ1) is 21.4. The van der Waals surface area contributed by atoms with Gasteiger partial charge in [0.1, 0.15) is 22.8 Å². The quantitative estimate of drug-likeness (QED) is 0.0658. The molecule has 2 aromatic rings. The van der Waals surface area contributed by atoms with Crippen LogP contribution in [0.5, 0.6) is 11.5 Å². The van der Waals surface area contributed by atoms with Crippen molar-refractivity contribution in [1.29, 1.82) is 0 Å². The number of rotatable bonds is 11. The summed E-state index contributed by atoms with van der Waals surface area (Å²) in [7, 11) is 2.16. The van der Waals surface area contributed by atoms with Crippen molar-refractivity contribution in [2.75, 3.05) is 38.2 Å². The van der Waals surface area contributed by atoms with Crippen molar-refractivity contribution in [2.24, 2.45) is 5.16 Å². The third-order valence-electron chi connectivity index (χ3n) is 7.75. The molecule has 7 N–H and O–H groups in total. The third kappa shape index (κ3) is 6.59. The number of carbonyl (C=O) groups is 4. The maximum absolute atomic E-state index is 13.4. The molecular formula is C28H31N6O9S2+. The first-order valence-electron chi connectivity index (χ1n) is 13.8. The van der Waals surface area contributed by atoms with Crippen LogP contribution < -0.4 is 11.1 Å². The summed E-state index contributed by atoms with van der Waals surface area (Å²) in [6.07, 6.45) is 4.21. The Morgan fingerprint density at radius 2 is 1.98 bits per heavy atom. The van der Waals surface area contributed by atoms with Gasteiger partial charge in [0.2, 0.25) is 6.10 Å². The van der Waals surface area contributed by atoms with Crippen LogP contribution >= 0.6 is 23.1 Å². The van der Waals surface area contributed by atoms with Gasteiger partial charge in [-0.25, -0.2) is 14.6 Å². The number of allylic oxidation sites excluding steroid dienone is 1. The van der Waals surface area contributed by atoms with Gasteiger partial charge in [0.05, 0.1) is 26.7 Å². The molecule has 4 heterocycles. The van der Waals surface area contributed by atoms with Crippen LogP contribution in [0.4, 0.5) is 5.13 Å². The fourth-order valence-corrected chi connectivity index (χ4v) is 7.24. The van der Waals surface area contributed by atoms with Gasteiger partial charge in [0.15, 0.2) is 22.3 Å². The minimum atomic E-state index is -1.80. The highest BCUT2D eigenvalue weighted by atomic mass is 32.2. The number of aromatic hydroxyl groups is 2. The van der Waals surface area contributed by atoms with Crippen LogP contribution in [-0.2, 0) is 24.0 Å². The van der Waals surface area contributed by atoms with E-state index in [4.69, 9.17) is 10.6 Å². The van der Waals surface area contributed by atoms with E-state index in [-0.39, 0.29) is 22.1 Å². The molecule has 3 aliphatic rings. The van der Waals surface area contributed by atoms with Crippen LogP contribution in [-0.4, -0.2) is 108 Å². The zero-order valence-corrected chi connectivity index (χ0v) is 25.6. The van der Waals surface area contributed by atoms with E-state index in [9.17, 15) is 39.6 Å². The average molecular weight is 660 g/mol. The fourth-order valence-electron chi connectivity index (χ4n) is 5.37. The van der Waals surface area contributed by atoms with Crippen molar-refractivity contribution < 1.29 is 48.9 Å². The minimum absolute atomic E-state index is 0.0551. The number of nitrogen functional groups attached to an aromatic ring is 1. The Balaban J connectivity index is 1.34. The Morgan fingerprint density at radius 3 is 2.60 bits per heavy atom. The normalized spacial score (nSPS) is 21.8. The van der Waals surface area contributed by atoms with E-state index in [0.29, 0.717) is 11.3 Å². The average Bonchev–Trinajstić information content (AvgIpc) is 3.62. The first-order valence-corrected chi connectivity index (χ1v) is 15.7. The molecule has 2 fully saturated rings. The van der Waals surface area contributed by atoms with Crippen LogP contribution in [0.1, 0.15) is 30.2 Å². The second kappa shape index (κ2) is 12.8. The number of thiazole rings is 1. The van der Waals surface area contributed by atoms with E-state index in [1.54, 1.807) is 6.08 Å². The molecule has 0 spiro atoms. The number of aromatic nitrogens is 1. The number of carboxylic acid groups (broad SMARTS) is 2. The number of hydrogen-bond acceptors (Lipinski definition) is 12. The second-order valence-corrected chi connectivity index (χ2v) is 13.0. The molecule has 238 valence electrons. The topological polar surface area (TPSA) is 225 Å². The summed E-state index contributed by atoms with van der Waals surface area (Å²) in [5.74, 6) is -5.12. The Labute approximate surface area is 264 Å². The third-order valence-corrected chi connectivity index (χ3v) is 9.73. The Morgan fingerprint density at radius 1 is 1.24 bits per heavy atom. The number of benzene rings is 1. The number of nitrogens with one attached hydrogen (secondary N) is 1. The molecule has 15 nitrogen and oxygen atoms in total. The van der Waals surface area contributed by atoms with Gasteiger partial charge in [-0.15, -0.1) is 23.1 Å². The first kappa shape index (κ1) is 31.8. The number of phenols is 2. The molecule has 0 radical (unpaired) electrons. The zero-order chi connectivity index (χ0) is 32.5. The van der Waals surface area contributed by atoms with Crippen molar-refractivity contribution in [3.05, 3.63) is 58.3 Å². The molecule has 0 saturated carbocycles. The van der Waals surface area contributed by atoms with Crippen LogP contribution in [0.3, 0.4) is 0 Å². The van der Waals surface area contributed by atoms with Crippen molar-refractivity contribution >= 4 is 57.7 Å². The standard InChI is InChI=1S/C28H30N6O9S2/c1-34(8-2-3-9-34)10-4-5-15-12-44-25-20(24(38)33(25)21(15)26(39)40)31-23(37)19(16-13-45-28(29)30-16)32-43-22(27(41)42)14-6-7-17(35)18(36)11-14/h4-7,11,13,20,22,25H,2-3,8-10,12H2,1H3,(H6-,29,30,31,32,35,36,37,39,40,41,42)/p+1/b5-4+. The molecule has 1 aromatic carbocycles. The van der Waals surface area contributed by atoms with Gasteiger partial charge in [-0.05, 0) is 23.8 Å². The van der Waals surface area contributed by atoms with Crippen LogP contribution in [0.2, 0.25) is 0 Å². The summed E-state index contributed by atoms with van der Waals surface area (Å²) >= 11 is 2.28. The van der Waals surface area contributed by atoms with Crippen molar-refractivity contribution in [2.45, 2.75) is 30.4 Å². The largest absolute Gasteiger partial charge is 0.504 e. The van der Waals surface area contributed by atoms with Gasteiger partial charge in [-0.1, -0.05) is 17.3 Å². The monoisotopic (exact) mass is 659 g/mol. The molecule has 5 rings (SSSR count). The molecule has 45 heavy (non-hydrogen) atoms. The van der Waals surface area contributed by atoms with Crippen molar-refractivity contribution in [3.63, 3.8) is 0 Å². The van der Waals surface area contributed by atoms with Gasteiger partial charge < -0.3 is 40.8 Å². The number of amides is 2. The molecule has 3 unspecified atom stereocenters. The molecule has 0 aliphatic carbocycles. The highest BCUT2D eigenvalue weighted by Gasteiger charge is 2.54. The van der Waals surface area contributed by atoms with Crippen LogP contribution in [0, 0.1) is 0 Å². The number of anilines is 1. The number of hydrogen-bond donors (Lipinski definition) is 6. The summed E-state index contributed by atoms with van der Waals surface area (Å²) in [6.45, 7) is 2.86. The van der Waals surface area contributed by atoms with E-state index in [2.05, 4.69) is 22.5 Å². The second-order valence-electron chi connectivity index (χ2n) is 11.0. The Kier molecular flexibility index (Phi) is 9.03. The highest BCUT2D eigenvalue weighted by Crippen LogP contribution is 2.41. The summed E-state index contributed by atoms with van der Waals surface area (Å²) in [5, 5.41) is 46.1. The lowest BCUT2D eigenvalue weighted by Crippen LogP contribution is -2.71. The predicted molar refractivity (Wildman–Crippen MR) is 163 cm³/mol. The summed E-state index contributed by atoms with van der Waals surface area (Å²) in [5.41, 5.74) is 5.46. The number of β-lactam (4-membered cyclic amide) rings is 1. The van der Waals surface area contributed by atoms with E-state index < -0.39 is 58.5 Å². The van der Waals surface area contributed by atoms with E-state index in [0.717, 1.165) is 65.3 Å². The van der Waals surface area contributed by atoms with Gasteiger partial charge in [-0.2, -0.15) is 0 Å². The number of nitrogens with zero attached hydrogens (tertiary/aromatic N) is 4. The minimum Gasteiger partial charge on any atom is -0.504 e. The van der Waals surface area contributed by atoms with Crippen molar-refractivity contribution in [1.82, 2.24) is 15.2 Å².